The molecule has 0 fully saturated rings. The first kappa shape index (κ1) is 21.4. The summed E-state index contributed by atoms with van der Waals surface area (Å²) in [5, 5.41) is 12.7. The molecule has 3 aromatic carbocycles. The molecular formula is C27H18N6O3. The summed E-state index contributed by atoms with van der Waals surface area (Å²) in [6, 6.07) is 24.3. The van der Waals surface area contributed by atoms with Crippen molar-refractivity contribution in [3.05, 3.63) is 95.4 Å². The summed E-state index contributed by atoms with van der Waals surface area (Å²) in [5.41, 5.74) is 2.87. The average Bonchev–Trinajstić information content (AvgIpc) is 3.34. The number of ether oxygens (including phenoxy) is 1. The number of fused-ring (bicyclic) bond motifs is 2. The maximum atomic E-state index is 13.0. The summed E-state index contributed by atoms with van der Waals surface area (Å²) < 4.78 is 11.2. The summed E-state index contributed by atoms with van der Waals surface area (Å²) in [6.07, 6.45) is 1.66. The van der Waals surface area contributed by atoms with Crippen molar-refractivity contribution in [3.8, 4) is 28.5 Å². The molecule has 0 saturated carbocycles. The van der Waals surface area contributed by atoms with E-state index < -0.39 is 5.56 Å². The minimum atomic E-state index is -0.549. The lowest BCUT2D eigenvalue weighted by molar-refractivity contribution is 0.415. The molecule has 6 rings (SSSR count). The third-order valence-corrected chi connectivity index (χ3v) is 5.68. The van der Waals surface area contributed by atoms with E-state index in [4.69, 9.17) is 9.15 Å². The van der Waals surface area contributed by atoms with Gasteiger partial charge in [-0.05, 0) is 30.3 Å². The Hall–Kier alpha value is -5.18. The second kappa shape index (κ2) is 8.88. The highest BCUT2D eigenvalue weighted by atomic mass is 16.5. The lowest BCUT2D eigenvalue weighted by Crippen LogP contribution is -2.10. The van der Waals surface area contributed by atoms with E-state index >= 15 is 0 Å². The Morgan fingerprint density at radius 2 is 1.67 bits per heavy atom. The Bertz CT molecular complexity index is 1790. The van der Waals surface area contributed by atoms with E-state index in [-0.39, 0.29) is 17.7 Å². The molecule has 6 aromatic rings. The van der Waals surface area contributed by atoms with Gasteiger partial charge in [0.05, 0.1) is 23.8 Å². The number of nitrogens with one attached hydrogen (secondary N) is 1. The Kier molecular flexibility index (Phi) is 5.27. The number of anilines is 2. The van der Waals surface area contributed by atoms with Gasteiger partial charge in [-0.15, -0.1) is 5.10 Å². The molecule has 3 aromatic heterocycles. The molecular weight excluding hydrogens is 456 g/mol. The van der Waals surface area contributed by atoms with Crippen LogP contribution in [0.15, 0.2) is 94.3 Å². The average molecular weight is 474 g/mol. The molecule has 36 heavy (non-hydrogen) atoms. The second-order valence-electron chi connectivity index (χ2n) is 7.89. The summed E-state index contributed by atoms with van der Waals surface area (Å²) in [6.45, 7) is 0. The standard InChI is InChI=1S/C27H18N6O3/c1-35-17-11-12-21-20(15-17)18(13-14-28-21)26-32-33-27(36-26)31-24-25(34)29-22-10-6-5-9-19(22)23(30-24)16-7-3-2-4-8-16/h2-15H,1H3,(H,29,30,31,33,34). The van der Waals surface area contributed by atoms with Gasteiger partial charge in [0.2, 0.25) is 5.82 Å². The minimum Gasteiger partial charge on any atom is -0.497 e. The van der Waals surface area contributed by atoms with Crippen LogP contribution in [-0.4, -0.2) is 32.3 Å². The Balaban J connectivity index is 1.44. The SMILES string of the molecule is COc1ccc2nccc(-c3nnc(Nc4nc(-c5ccccc5)c5ccccc5nc4=O)o3)c2c1. The normalized spacial score (nSPS) is 11.0. The zero-order valence-corrected chi connectivity index (χ0v) is 19.0. The molecule has 0 radical (unpaired) electrons. The summed E-state index contributed by atoms with van der Waals surface area (Å²) in [7, 11) is 1.60. The molecule has 0 atom stereocenters. The maximum absolute atomic E-state index is 13.0. The van der Waals surface area contributed by atoms with Gasteiger partial charge >= 0.3 is 11.6 Å². The van der Waals surface area contributed by atoms with Gasteiger partial charge in [-0.25, -0.2) is 9.97 Å². The molecule has 0 aliphatic heterocycles. The molecule has 0 aliphatic carbocycles. The van der Waals surface area contributed by atoms with Gasteiger partial charge in [0.15, 0.2) is 0 Å². The van der Waals surface area contributed by atoms with Crippen molar-refractivity contribution in [2.75, 3.05) is 12.4 Å². The van der Waals surface area contributed by atoms with Crippen molar-refractivity contribution in [1.29, 1.82) is 0 Å². The van der Waals surface area contributed by atoms with Crippen molar-refractivity contribution in [2.45, 2.75) is 0 Å². The van der Waals surface area contributed by atoms with E-state index in [1.54, 1.807) is 25.4 Å². The zero-order chi connectivity index (χ0) is 24.5. The van der Waals surface area contributed by atoms with Crippen LogP contribution < -0.4 is 15.6 Å². The Morgan fingerprint density at radius 1 is 0.833 bits per heavy atom. The highest BCUT2D eigenvalue weighted by molar-refractivity contribution is 5.93. The van der Waals surface area contributed by atoms with Gasteiger partial charge in [-0.3, -0.25) is 15.1 Å². The smallest absolute Gasteiger partial charge is 0.321 e. The molecule has 9 nitrogen and oxygen atoms in total. The van der Waals surface area contributed by atoms with Crippen molar-refractivity contribution in [2.24, 2.45) is 0 Å². The maximum Gasteiger partial charge on any atom is 0.321 e. The molecule has 1 N–H and O–H groups in total. The molecule has 9 heteroatoms. The van der Waals surface area contributed by atoms with E-state index in [1.807, 2.05) is 66.7 Å². The molecule has 0 aliphatic rings. The summed E-state index contributed by atoms with van der Waals surface area (Å²) in [5.74, 6) is 0.909. The number of hydrogen-bond acceptors (Lipinski definition) is 9. The monoisotopic (exact) mass is 474 g/mol. The topological polar surface area (TPSA) is 116 Å². The quantitative estimate of drug-likeness (QED) is 0.368. The first-order valence-electron chi connectivity index (χ1n) is 11.1. The number of aromatic nitrogens is 5. The van der Waals surface area contributed by atoms with Gasteiger partial charge in [0.1, 0.15) is 5.75 Å². The van der Waals surface area contributed by atoms with Crippen molar-refractivity contribution in [1.82, 2.24) is 25.1 Å². The molecule has 0 unspecified atom stereocenters. The van der Waals surface area contributed by atoms with E-state index in [0.29, 0.717) is 22.5 Å². The fourth-order valence-electron chi connectivity index (χ4n) is 3.97. The number of hydrogen-bond donors (Lipinski definition) is 1. The molecule has 174 valence electrons. The third kappa shape index (κ3) is 3.88. The van der Waals surface area contributed by atoms with E-state index in [9.17, 15) is 4.79 Å². The lowest BCUT2D eigenvalue weighted by atomic mass is 10.1. The van der Waals surface area contributed by atoms with Crippen LogP contribution in [-0.2, 0) is 0 Å². The number of para-hydroxylation sites is 1. The fourth-order valence-corrected chi connectivity index (χ4v) is 3.97. The lowest BCUT2D eigenvalue weighted by Gasteiger charge is -2.05. The van der Waals surface area contributed by atoms with E-state index in [1.165, 1.54) is 0 Å². The predicted molar refractivity (Wildman–Crippen MR) is 136 cm³/mol. The fraction of sp³-hybridized carbons (Fsp3) is 0.0370. The van der Waals surface area contributed by atoms with E-state index in [2.05, 4.69) is 30.5 Å². The summed E-state index contributed by atoms with van der Waals surface area (Å²) >= 11 is 0. The van der Waals surface area contributed by atoms with Gasteiger partial charge in [-0.2, -0.15) is 0 Å². The number of benzene rings is 3. The molecule has 0 bridgehead atoms. The van der Waals surface area contributed by atoms with Gasteiger partial charge in [0, 0.05) is 28.1 Å². The first-order valence-corrected chi connectivity index (χ1v) is 11.1. The number of rotatable bonds is 5. The van der Waals surface area contributed by atoms with Gasteiger partial charge < -0.3 is 9.15 Å². The van der Waals surface area contributed by atoms with Crippen LogP contribution in [0.1, 0.15) is 0 Å². The highest BCUT2D eigenvalue weighted by Gasteiger charge is 2.16. The third-order valence-electron chi connectivity index (χ3n) is 5.68. The summed E-state index contributed by atoms with van der Waals surface area (Å²) in [4.78, 5) is 26.3. The highest BCUT2D eigenvalue weighted by Crippen LogP contribution is 2.31. The first-order chi connectivity index (χ1) is 17.7. The van der Waals surface area contributed by atoms with Crippen LogP contribution in [0.2, 0.25) is 0 Å². The second-order valence-corrected chi connectivity index (χ2v) is 7.89. The van der Waals surface area contributed by atoms with Gasteiger partial charge in [0.25, 0.3) is 5.89 Å². The predicted octanol–water partition coefficient (Wildman–Crippen LogP) is 5.01. The van der Waals surface area contributed by atoms with E-state index in [0.717, 1.165) is 21.9 Å². The van der Waals surface area contributed by atoms with Crippen LogP contribution in [0.5, 0.6) is 5.75 Å². The zero-order valence-electron chi connectivity index (χ0n) is 19.0. The number of pyridine rings is 1. The van der Waals surface area contributed by atoms with Crippen LogP contribution in [0.3, 0.4) is 0 Å². The van der Waals surface area contributed by atoms with Crippen LogP contribution in [0.25, 0.3) is 44.5 Å². The number of nitrogens with zero attached hydrogens (tertiary/aromatic N) is 5. The molecule has 0 saturated heterocycles. The van der Waals surface area contributed by atoms with Crippen LogP contribution >= 0.6 is 0 Å². The Labute approximate surface area is 204 Å². The van der Waals surface area contributed by atoms with Crippen molar-refractivity contribution >= 4 is 33.6 Å². The van der Waals surface area contributed by atoms with Gasteiger partial charge in [-0.1, -0.05) is 53.6 Å². The molecule has 3 heterocycles. The molecule has 0 spiro atoms. The van der Waals surface area contributed by atoms with Crippen molar-refractivity contribution < 1.29 is 9.15 Å². The minimum absolute atomic E-state index is 0.0125. The number of methoxy groups -OCH3 is 1. The largest absolute Gasteiger partial charge is 0.497 e. The Morgan fingerprint density at radius 3 is 2.53 bits per heavy atom. The van der Waals surface area contributed by atoms with Crippen LogP contribution in [0, 0.1) is 0 Å². The molecule has 0 amide bonds. The van der Waals surface area contributed by atoms with Crippen molar-refractivity contribution in [3.63, 3.8) is 0 Å². The van der Waals surface area contributed by atoms with Crippen LogP contribution in [0.4, 0.5) is 11.8 Å².